The van der Waals surface area contributed by atoms with Crippen LogP contribution in [0.1, 0.15) is 39.7 Å². The van der Waals surface area contributed by atoms with E-state index < -0.39 is 0 Å². The van der Waals surface area contributed by atoms with Crippen LogP contribution >= 0.6 is 15.9 Å². The average molecular weight is 328 g/mol. The molecule has 108 valence electrons. The molecule has 0 heterocycles. The average Bonchev–Trinajstić information content (AvgIpc) is 2.37. The van der Waals surface area contributed by atoms with Crippen molar-refractivity contribution in [2.75, 3.05) is 19.7 Å². The molecule has 0 saturated carbocycles. The van der Waals surface area contributed by atoms with Gasteiger partial charge in [-0.1, -0.05) is 26.8 Å². The third kappa shape index (κ3) is 5.96. The fourth-order valence-electron chi connectivity index (χ4n) is 2.01. The molecule has 0 bridgehead atoms. The summed E-state index contributed by atoms with van der Waals surface area (Å²) in [5.41, 5.74) is 1.70. The fraction of sp³-hybridized carbons (Fsp3) is 0.625. The first-order valence-electron chi connectivity index (χ1n) is 7.10. The Morgan fingerprint density at radius 2 is 2.00 bits per heavy atom. The van der Waals surface area contributed by atoms with Gasteiger partial charge in [0.25, 0.3) is 0 Å². The van der Waals surface area contributed by atoms with E-state index in [0.717, 1.165) is 29.7 Å². The largest absolute Gasteiger partial charge is 0.493 e. The Kier molecular flexibility index (Phi) is 6.87. The number of ether oxygens (including phenoxy) is 1. The van der Waals surface area contributed by atoms with Gasteiger partial charge in [-0.05, 0) is 65.4 Å². The summed E-state index contributed by atoms with van der Waals surface area (Å²) in [5, 5.41) is 3.43. The van der Waals surface area contributed by atoms with Gasteiger partial charge in [-0.2, -0.15) is 0 Å². The minimum absolute atomic E-state index is 0.334. The van der Waals surface area contributed by atoms with Crippen LogP contribution in [0.5, 0.6) is 5.75 Å². The minimum atomic E-state index is 0.334. The molecule has 0 saturated heterocycles. The number of hydrogen-bond donors (Lipinski definition) is 1. The zero-order valence-corrected chi connectivity index (χ0v) is 14.1. The van der Waals surface area contributed by atoms with Crippen molar-refractivity contribution in [3.63, 3.8) is 0 Å². The maximum Gasteiger partial charge on any atom is 0.133 e. The monoisotopic (exact) mass is 327 g/mol. The van der Waals surface area contributed by atoms with E-state index in [9.17, 15) is 0 Å². The third-order valence-electron chi connectivity index (χ3n) is 3.24. The Hall–Kier alpha value is -0.540. The quantitative estimate of drug-likeness (QED) is 0.763. The van der Waals surface area contributed by atoms with Crippen LogP contribution in [-0.2, 0) is 6.42 Å². The van der Waals surface area contributed by atoms with Crippen LogP contribution in [0.4, 0.5) is 0 Å². The summed E-state index contributed by atoms with van der Waals surface area (Å²) < 4.78 is 6.59. The van der Waals surface area contributed by atoms with Crippen LogP contribution < -0.4 is 10.1 Å². The predicted octanol–water partition coefficient (Wildman–Crippen LogP) is 4.42. The topological polar surface area (TPSA) is 21.3 Å². The fourth-order valence-corrected chi connectivity index (χ4v) is 2.55. The summed E-state index contributed by atoms with van der Waals surface area (Å²) in [5.74, 6) is 0.929. The lowest BCUT2D eigenvalue weighted by Gasteiger charge is -2.25. The Bertz CT molecular complexity index is 390. The van der Waals surface area contributed by atoms with Crippen molar-refractivity contribution in [1.29, 1.82) is 0 Å². The molecule has 1 N–H and O–H groups in total. The maximum atomic E-state index is 5.53. The van der Waals surface area contributed by atoms with Crippen molar-refractivity contribution in [2.45, 2.75) is 40.5 Å². The Morgan fingerprint density at radius 3 is 2.58 bits per heavy atom. The molecule has 3 heteroatoms. The van der Waals surface area contributed by atoms with Crippen LogP contribution in [-0.4, -0.2) is 19.7 Å². The lowest BCUT2D eigenvalue weighted by atomic mass is 9.86. The van der Waals surface area contributed by atoms with Crippen molar-refractivity contribution in [2.24, 2.45) is 5.41 Å². The molecule has 0 radical (unpaired) electrons. The summed E-state index contributed by atoms with van der Waals surface area (Å²) in [6, 6.07) is 6.40. The molecule has 0 atom stereocenters. The van der Waals surface area contributed by atoms with Gasteiger partial charge in [-0.25, -0.2) is 0 Å². The first-order valence-corrected chi connectivity index (χ1v) is 7.89. The molecule has 0 aliphatic rings. The van der Waals surface area contributed by atoms with Crippen LogP contribution in [0.15, 0.2) is 22.7 Å². The molecule has 0 aliphatic heterocycles. The molecule has 0 amide bonds. The number of aryl methyl sites for hydroxylation is 1. The van der Waals surface area contributed by atoms with Gasteiger partial charge in [0.1, 0.15) is 5.75 Å². The van der Waals surface area contributed by atoms with Gasteiger partial charge in [-0.3, -0.25) is 0 Å². The molecule has 19 heavy (non-hydrogen) atoms. The summed E-state index contributed by atoms with van der Waals surface area (Å²) >= 11 is 3.57. The zero-order valence-electron chi connectivity index (χ0n) is 12.6. The van der Waals surface area contributed by atoms with E-state index in [-0.39, 0.29) is 0 Å². The molecule has 0 spiro atoms. The van der Waals surface area contributed by atoms with Gasteiger partial charge >= 0.3 is 0 Å². The number of hydrogen-bond acceptors (Lipinski definition) is 2. The van der Waals surface area contributed by atoms with E-state index in [1.807, 2.05) is 6.92 Å². The van der Waals surface area contributed by atoms with Crippen molar-refractivity contribution < 1.29 is 4.74 Å². The van der Waals surface area contributed by atoms with Crippen LogP contribution in [0.25, 0.3) is 0 Å². The van der Waals surface area contributed by atoms with E-state index in [2.05, 4.69) is 60.2 Å². The Balaban J connectivity index is 2.56. The smallest absolute Gasteiger partial charge is 0.133 e. The molecule has 1 rings (SSSR count). The predicted molar refractivity (Wildman–Crippen MR) is 86.0 cm³/mol. The van der Waals surface area contributed by atoms with Crippen LogP contribution in [0.2, 0.25) is 0 Å². The highest BCUT2D eigenvalue weighted by Crippen LogP contribution is 2.28. The second-order valence-electron chi connectivity index (χ2n) is 5.64. The number of halogens is 1. The summed E-state index contributed by atoms with van der Waals surface area (Å²) in [7, 11) is 0. The number of nitrogens with one attached hydrogen (secondary N) is 1. The van der Waals surface area contributed by atoms with E-state index in [0.29, 0.717) is 12.0 Å². The van der Waals surface area contributed by atoms with Crippen molar-refractivity contribution in [1.82, 2.24) is 5.32 Å². The van der Waals surface area contributed by atoms with Crippen LogP contribution in [0, 0.1) is 5.41 Å². The lowest BCUT2D eigenvalue weighted by molar-refractivity contribution is 0.317. The van der Waals surface area contributed by atoms with Crippen LogP contribution in [0.3, 0.4) is 0 Å². The van der Waals surface area contributed by atoms with E-state index in [4.69, 9.17) is 4.74 Å². The second kappa shape index (κ2) is 7.91. The molecule has 0 aromatic heterocycles. The maximum absolute atomic E-state index is 5.53. The first kappa shape index (κ1) is 16.5. The zero-order chi connectivity index (χ0) is 14.3. The van der Waals surface area contributed by atoms with Crippen molar-refractivity contribution in [3.05, 3.63) is 28.2 Å². The van der Waals surface area contributed by atoms with E-state index >= 15 is 0 Å². The molecule has 1 aromatic carbocycles. The van der Waals surface area contributed by atoms with E-state index in [1.54, 1.807) is 0 Å². The highest BCUT2D eigenvalue weighted by atomic mass is 79.9. The third-order valence-corrected chi connectivity index (χ3v) is 3.86. The summed E-state index contributed by atoms with van der Waals surface area (Å²) in [4.78, 5) is 0. The summed E-state index contributed by atoms with van der Waals surface area (Å²) in [6.07, 6.45) is 2.28. The molecule has 0 fully saturated rings. The van der Waals surface area contributed by atoms with Gasteiger partial charge < -0.3 is 10.1 Å². The first-order chi connectivity index (χ1) is 8.98. The second-order valence-corrected chi connectivity index (χ2v) is 6.50. The van der Waals surface area contributed by atoms with Gasteiger partial charge in [0.15, 0.2) is 0 Å². The SMILES string of the molecule is CCNCC(C)(C)CCc1ccc(OCC)c(Br)c1. The molecule has 1 aromatic rings. The van der Waals surface area contributed by atoms with Gasteiger partial charge in [0.05, 0.1) is 11.1 Å². The molecular weight excluding hydrogens is 302 g/mol. The molecular formula is C16H26BrNO. The number of rotatable bonds is 8. The van der Waals surface area contributed by atoms with Gasteiger partial charge in [0, 0.05) is 6.54 Å². The highest BCUT2D eigenvalue weighted by molar-refractivity contribution is 9.10. The van der Waals surface area contributed by atoms with Gasteiger partial charge in [0.2, 0.25) is 0 Å². The Labute approximate surface area is 126 Å². The molecule has 0 aliphatic carbocycles. The van der Waals surface area contributed by atoms with Gasteiger partial charge in [-0.15, -0.1) is 0 Å². The molecule has 2 nitrogen and oxygen atoms in total. The lowest BCUT2D eigenvalue weighted by Crippen LogP contribution is -2.29. The Morgan fingerprint density at radius 1 is 1.26 bits per heavy atom. The minimum Gasteiger partial charge on any atom is -0.493 e. The molecule has 0 unspecified atom stereocenters. The van der Waals surface area contributed by atoms with Crippen molar-refractivity contribution in [3.8, 4) is 5.75 Å². The van der Waals surface area contributed by atoms with E-state index in [1.165, 1.54) is 12.0 Å². The standard InChI is InChI=1S/C16H26BrNO/c1-5-18-12-16(3,4)10-9-13-7-8-15(19-6-2)14(17)11-13/h7-8,11,18H,5-6,9-10,12H2,1-4H3. The van der Waals surface area contributed by atoms with Crippen molar-refractivity contribution >= 4 is 15.9 Å². The summed E-state index contributed by atoms with van der Waals surface area (Å²) in [6.45, 7) is 11.6. The number of benzene rings is 1. The highest BCUT2D eigenvalue weighted by Gasteiger charge is 2.17. The normalized spacial score (nSPS) is 11.6.